The number of unbranched alkanes of at least 4 members (excludes halogenated alkanes) is 1. The first-order valence-corrected chi connectivity index (χ1v) is 12.8. The molecule has 38 heavy (non-hydrogen) atoms. The monoisotopic (exact) mass is 545 g/mol. The van der Waals surface area contributed by atoms with Gasteiger partial charge in [-0.15, -0.1) is 0 Å². The van der Waals surface area contributed by atoms with Crippen molar-refractivity contribution < 1.29 is 33.4 Å². The van der Waals surface area contributed by atoms with Gasteiger partial charge in [0, 0.05) is 42.7 Å². The maximum atomic E-state index is 14.4. The lowest BCUT2D eigenvalue weighted by molar-refractivity contribution is 0.0596. The molecule has 1 saturated carbocycles. The Morgan fingerprint density at radius 3 is 2.76 bits per heavy atom. The van der Waals surface area contributed by atoms with E-state index in [-0.39, 0.29) is 46.3 Å². The first-order valence-electron chi connectivity index (χ1n) is 12.0. The summed E-state index contributed by atoms with van der Waals surface area (Å²) in [5.41, 5.74) is 0.316. The molecule has 2 heterocycles. The standard InChI is InChI=1S/C25H28FN5O6S/c1-36-24(34)20-22(37-14-16-12-15(4-7-19(16)26)21(33)28-17-5-6-17)30-38-23(20)29-25(35)27-9-2-3-10-31-11-8-18(32)13-31/h4,7-8,11-13,17,32H,2-3,5-6,9-10,14H2,1H3,(H,28,33)(H2,27,29,35). The van der Waals surface area contributed by atoms with Crippen molar-refractivity contribution in [3.05, 3.63) is 59.2 Å². The molecule has 1 aromatic carbocycles. The summed E-state index contributed by atoms with van der Waals surface area (Å²) in [6, 6.07) is 5.19. The van der Waals surface area contributed by atoms with E-state index in [9.17, 15) is 23.9 Å². The van der Waals surface area contributed by atoms with Gasteiger partial charge in [-0.2, -0.15) is 4.37 Å². The largest absolute Gasteiger partial charge is 0.506 e. The predicted molar refractivity (Wildman–Crippen MR) is 137 cm³/mol. The second-order valence-corrected chi connectivity index (χ2v) is 9.49. The van der Waals surface area contributed by atoms with Gasteiger partial charge >= 0.3 is 12.0 Å². The SMILES string of the molecule is COC(=O)c1c(OCc2cc(C(=O)NC3CC3)ccc2F)nsc1NC(=O)NCCCCn1ccc(O)c1. The maximum absolute atomic E-state index is 14.4. The number of hydrogen-bond donors (Lipinski definition) is 4. The zero-order valence-corrected chi connectivity index (χ0v) is 21.5. The molecule has 11 nitrogen and oxygen atoms in total. The van der Waals surface area contributed by atoms with E-state index in [2.05, 4.69) is 20.3 Å². The van der Waals surface area contributed by atoms with Crippen LogP contribution in [0.1, 0.15) is 52.0 Å². The highest BCUT2D eigenvalue weighted by Gasteiger charge is 2.26. The summed E-state index contributed by atoms with van der Waals surface area (Å²) in [6.45, 7) is 0.786. The Morgan fingerprint density at radius 2 is 2.05 bits per heavy atom. The third kappa shape index (κ3) is 7.22. The molecule has 0 unspecified atom stereocenters. The Bertz CT molecular complexity index is 1310. The lowest BCUT2D eigenvalue weighted by Crippen LogP contribution is -2.30. The van der Waals surface area contributed by atoms with Crippen LogP contribution in [-0.4, -0.2) is 51.7 Å². The molecule has 0 radical (unpaired) electrons. The number of nitrogens with zero attached hydrogens (tertiary/aromatic N) is 2. The average molecular weight is 546 g/mol. The molecular formula is C25H28FN5O6S. The number of benzene rings is 1. The van der Waals surface area contributed by atoms with E-state index in [0.717, 1.165) is 30.8 Å². The summed E-state index contributed by atoms with van der Waals surface area (Å²) in [4.78, 5) is 37.1. The number of carbonyl (C=O) groups excluding carboxylic acids is 3. The third-order valence-electron chi connectivity index (χ3n) is 5.73. The first kappa shape index (κ1) is 26.9. The lowest BCUT2D eigenvalue weighted by Gasteiger charge is -2.10. The fourth-order valence-electron chi connectivity index (χ4n) is 3.55. The minimum atomic E-state index is -0.781. The van der Waals surface area contributed by atoms with Gasteiger partial charge in [0.1, 0.15) is 23.2 Å². The highest BCUT2D eigenvalue weighted by Crippen LogP contribution is 2.32. The van der Waals surface area contributed by atoms with Gasteiger partial charge in [0.15, 0.2) is 5.56 Å². The highest BCUT2D eigenvalue weighted by molar-refractivity contribution is 7.11. The number of carbonyl (C=O) groups is 3. The van der Waals surface area contributed by atoms with Crippen LogP contribution < -0.4 is 20.7 Å². The first-order chi connectivity index (χ1) is 18.3. The summed E-state index contributed by atoms with van der Waals surface area (Å²) >= 11 is 0.820. The Kier molecular flexibility index (Phi) is 8.79. The van der Waals surface area contributed by atoms with Crippen molar-refractivity contribution in [2.45, 2.75) is 44.9 Å². The number of aryl methyl sites for hydroxylation is 1. The molecule has 0 aliphatic heterocycles. The minimum Gasteiger partial charge on any atom is -0.506 e. The Labute approximate surface area is 222 Å². The molecule has 1 fully saturated rings. The quantitative estimate of drug-likeness (QED) is 0.201. The van der Waals surface area contributed by atoms with E-state index in [4.69, 9.17) is 9.47 Å². The van der Waals surface area contributed by atoms with E-state index in [0.29, 0.717) is 25.1 Å². The van der Waals surface area contributed by atoms with Crippen molar-refractivity contribution >= 4 is 34.4 Å². The minimum absolute atomic E-state index is 0.0943. The molecular weight excluding hydrogens is 517 g/mol. The van der Waals surface area contributed by atoms with Crippen LogP contribution in [0, 0.1) is 5.82 Å². The van der Waals surface area contributed by atoms with Crippen LogP contribution in [-0.2, 0) is 17.9 Å². The van der Waals surface area contributed by atoms with Gasteiger partial charge in [-0.25, -0.2) is 14.0 Å². The summed E-state index contributed by atoms with van der Waals surface area (Å²) in [5.74, 6) is -1.57. The molecule has 4 N–H and O–H groups in total. The maximum Gasteiger partial charge on any atom is 0.346 e. The zero-order valence-electron chi connectivity index (χ0n) is 20.7. The molecule has 202 valence electrons. The van der Waals surface area contributed by atoms with Crippen molar-refractivity contribution in [1.82, 2.24) is 19.6 Å². The lowest BCUT2D eigenvalue weighted by atomic mass is 10.1. The molecule has 2 aromatic heterocycles. The second-order valence-electron chi connectivity index (χ2n) is 8.72. The number of amides is 3. The molecule has 4 rings (SSSR count). The fourth-order valence-corrected chi connectivity index (χ4v) is 4.26. The molecule has 0 atom stereocenters. The van der Waals surface area contributed by atoms with Crippen molar-refractivity contribution in [3.63, 3.8) is 0 Å². The van der Waals surface area contributed by atoms with Crippen LogP contribution in [0.3, 0.4) is 0 Å². The van der Waals surface area contributed by atoms with Gasteiger partial charge in [0.05, 0.1) is 7.11 Å². The van der Waals surface area contributed by atoms with Gasteiger partial charge < -0.3 is 29.8 Å². The van der Waals surface area contributed by atoms with E-state index in [1.54, 1.807) is 18.5 Å². The Hall–Kier alpha value is -4.13. The van der Waals surface area contributed by atoms with E-state index in [1.807, 2.05) is 4.57 Å². The number of aromatic nitrogens is 2. The number of methoxy groups -OCH3 is 1. The Balaban J connectivity index is 1.32. The molecule has 0 spiro atoms. The fraction of sp³-hybridized carbons (Fsp3) is 0.360. The molecule has 0 bridgehead atoms. The zero-order chi connectivity index (χ0) is 27.1. The molecule has 0 saturated heterocycles. The molecule has 13 heteroatoms. The number of aromatic hydroxyl groups is 1. The molecule has 3 aromatic rings. The average Bonchev–Trinajstić information content (AvgIpc) is 3.48. The summed E-state index contributed by atoms with van der Waals surface area (Å²) in [6.07, 6.45) is 6.71. The predicted octanol–water partition coefficient (Wildman–Crippen LogP) is 3.65. The van der Waals surface area contributed by atoms with Gasteiger partial charge in [-0.05, 0) is 61.5 Å². The van der Waals surface area contributed by atoms with Crippen LogP contribution in [0.4, 0.5) is 14.2 Å². The van der Waals surface area contributed by atoms with Crippen molar-refractivity contribution in [1.29, 1.82) is 0 Å². The number of esters is 1. The summed E-state index contributed by atoms with van der Waals surface area (Å²) in [5, 5.41) is 17.6. The summed E-state index contributed by atoms with van der Waals surface area (Å²) < 4.78 is 30.7. The number of hydrogen-bond acceptors (Lipinski definition) is 8. The third-order valence-corrected chi connectivity index (χ3v) is 6.47. The number of urea groups is 1. The second kappa shape index (κ2) is 12.4. The van der Waals surface area contributed by atoms with E-state index in [1.165, 1.54) is 25.3 Å². The number of rotatable bonds is 12. The van der Waals surface area contributed by atoms with Crippen LogP contribution in [0.2, 0.25) is 0 Å². The highest BCUT2D eigenvalue weighted by atomic mass is 32.1. The van der Waals surface area contributed by atoms with Crippen LogP contribution in [0.5, 0.6) is 11.6 Å². The van der Waals surface area contributed by atoms with Gasteiger partial charge in [-0.3, -0.25) is 10.1 Å². The van der Waals surface area contributed by atoms with E-state index < -0.39 is 17.8 Å². The number of nitrogens with one attached hydrogen (secondary N) is 3. The smallest absolute Gasteiger partial charge is 0.346 e. The van der Waals surface area contributed by atoms with Gasteiger partial charge in [-0.1, -0.05) is 0 Å². The normalized spacial score (nSPS) is 12.6. The number of ether oxygens (including phenoxy) is 2. The topological polar surface area (TPSA) is 144 Å². The number of anilines is 1. The number of halogens is 1. The molecule has 1 aliphatic carbocycles. The van der Waals surface area contributed by atoms with Crippen molar-refractivity contribution in [3.8, 4) is 11.6 Å². The summed E-state index contributed by atoms with van der Waals surface area (Å²) in [7, 11) is 1.18. The van der Waals surface area contributed by atoms with Crippen molar-refractivity contribution in [2.75, 3.05) is 19.0 Å². The van der Waals surface area contributed by atoms with Crippen LogP contribution in [0.15, 0.2) is 36.7 Å². The van der Waals surface area contributed by atoms with Gasteiger partial charge in [0.2, 0.25) is 5.88 Å². The van der Waals surface area contributed by atoms with Gasteiger partial charge in [0.25, 0.3) is 5.91 Å². The van der Waals surface area contributed by atoms with E-state index >= 15 is 0 Å². The Morgan fingerprint density at radius 1 is 1.24 bits per heavy atom. The molecule has 1 aliphatic rings. The van der Waals surface area contributed by atoms with Crippen LogP contribution >= 0.6 is 11.5 Å². The molecule has 3 amide bonds. The van der Waals surface area contributed by atoms with Crippen molar-refractivity contribution in [2.24, 2.45) is 0 Å². The van der Waals surface area contributed by atoms with Crippen LogP contribution in [0.25, 0.3) is 0 Å².